The molecule has 4 aromatic rings. The Morgan fingerprint density at radius 1 is 0.936 bits per heavy atom. The lowest BCUT2D eigenvalue weighted by Gasteiger charge is -2.38. The van der Waals surface area contributed by atoms with Gasteiger partial charge in [0.05, 0.1) is 21.4 Å². The van der Waals surface area contributed by atoms with Gasteiger partial charge >= 0.3 is 0 Å². The maximum Gasteiger partial charge on any atom is 0.255 e. The van der Waals surface area contributed by atoms with E-state index in [9.17, 15) is 31.5 Å². The highest BCUT2D eigenvalue weighted by molar-refractivity contribution is 7.92. The minimum atomic E-state index is -4.08. The fourth-order valence-electron chi connectivity index (χ4n) is 6.69. The summed E-state index contributed by atoms with van der Waals surface area (Å²) in [6.07, 6.45) is 2.77. The monoisotopic (exact) mass is 682 g/mol. The molecule has 0 aromatic heterocycles. The van der Waals surface area contributed by atoms with Crippen molar-refractivity contribution in [2.45, 2.75) is 48.0 Å². The smallest absolute Gasteiger partial charge is 0.255 e. The average Bonchev–Trinajstić information content (AvgIpc) is 3.35. The van der Waals surface area contributed by atoms with Gasteiger partial charge < -0.3 is 15.3 Å². The Morgan fingerprint density at radius 3 is 2.19 bits per heavy atom. The zero-order valence-electron chi connectivity index (χ0n) is 24.9. The fourth-order valence-corrected chi connectivity index (χ4v) is 9.54. The van der Waals surface area contributed by atoms with Gasteiger partial charge in [0.15, 0.2) is 27.3 Å². The first-order chi connectivity index (χ1) is 22.4. The summed E-state index contributed by atoms with van der Waals surface area (Å²) >= 11 is 6.33. The number of carbonyl (C=O) groups excluding carboxylic acids is 1. The second-order valence-corrected chi connectivity index (χ2v) is 14.5. The molecule has 0 aliphatic heterocycles. The minimum absolute atomic E-state index is 0.0904. The Labute approximate surface area is 274 Å². The summed E-state index contributed by atoms with van der Waals surface area (Å²) < 4.78 is 68.5. The van der Waals surface area contributed by atoms with Gasteiger partial charge in [-0.2, -0.15) is 0 Å². The van der Waals surface area contributed by atoms with Crippen LogP contribution < -0.4 is 5.32 Å². The molecular weight excluding hydrogens is 653 g/mol. The van der Waals surface area contributed by atoms with Gasteiger partial charge in [-0.15, -0.1) is 0 Å². The van der Waals surface area contributed by atoms with Gasteiger partial charge in [0, 0.05) is 23.4 Å². The van der Waals surface area contributed by atoms with Gasteiger partial charge in [0.2, 0.25) is 0 Å². The largest absolute Gasteiger partial charge is 0.391 e. The summed E-state index contributed by atoms with van der Waals surface area (Å²) in [5.41, 5.74) is 1.24. The quantitative estimate of drug-likeness (QED) is 0.108. The third-order valence-corrected chi connectivity index (χ3v) is 11.7. The molecule has 2 fully saturated rings. The number of oxime groups is 1. The maximum atomic E-state index is 14.0. The number of carbonyl (C=O) groups is 1. The zero-order chi connectivity index (χ0) is 33.3. The number of rotatable bonds is 9. The number of halogens is 4. The van der Waals surface area contributed by atoms with Crippen LogP contribution in [0, 0.1) is 29.3 Å². The fraction of sp³-hybridized carbons (Fsp3) is 0.257. The lowest BCUT2D eigenvalue weighted by atomic mass is 9.78. The molecule has 7 nitrogen and oxygen atoms in total. The summed E-state index contributed by atoms with van der Waals surface area (Å²) in [6, 6.07) is 22.7. The molecule has 2 N–H and O–H groups in total. The van der Waals surface area contributed by atoms with Crippen molar-refractivity contribution in [3.05, 3.63) is 119 Å². The Bertz CT molecular complexity index is 1900. The van der Waals surface area contributed by atoms with Crippen LogP contribution in [0.3, 0.4) is 0 Å². The lowest BCUT2D eigenvalue weighted by Crippen LogP contribution is -2.47. The van der Waals surface area contributed by atoms with Gasteiger partial charge in [0.25, 0.3) is 5.91 Å². The van der Waals surface area contributed by atoms with Crippen LogP contribution in [0.4, 0.5) is 18.9 Å². The Kier molecular flexibility index (Phi) is 9.15. The molecule has 6 rings (SSSR count). The molecular formula is C35H30ClF3N2O5S. The highest BCUT2D eigenvalue weighted by Gasteiger charge is 2.54. The number of nitrogens with zero attached hydrogens (tertiary/aromatic N) is 1. The summed E-state index contributed by atoms with van der Waals surface area (Å²) in [5, 5.41) is 16.7. The Hall–Kier alpha value is -4.19. The van der Waals surface area contributed by atoms with E-state index in [1.807, 2.05) is 54.6 Å². The van der Waals surface area contributed by atoms with Crippen LogP contribution in [0.1, 0.15) is 41.6 Å². The van der Waals surface area contributed by atoms with E-state index >= 15 is 0 Å². The first-order valence-electron chi connectivity index (χ1n) is 15.0. The van der Waals surface area contributed by atoms with Gasteiger partial charge in [-0.25, -0.2) is 21.6 Å². The van der Waals surface area contributed by atoms with Crippen LogP contribution in [0.5, 0.6) is 0 Å². The van der Waals surface area contributed by atoms with Crippen LogP contribution in [0.25, 0.3) is 11.1 Å². The predicted octanol–water partition coefficient (Wildman–Crippen LogP) is 7.57. The first-order valence-corrected chi connectivity index (χ1v) is 16.9. The molecule has 2 bridgehead atoms. The highest BCUT2D eigenvalue weighted by Crippen LogP contribution is 2.51. The van der Waals surface area contributed by atoms with E-state index in [0.29, 0.717) is 25.0 Å². The van der Waals surface area contributed by atoms with Crippen molar-refractivity contribution in [3.63, 3.8) is 0 Å². The first kappa shape index (κ1) is 32.7. The highest BCUT2D eigenvalue weighted by atomic mass is 35.5. The molecule has 3 unspecified atom stereocenters. The number of sulfone groups is 1. The molecule has 47 heavy (non-hydrogen) atoms. The topological polar surface area (TPSA) is 105 Å². The number of fused-ring (bicyclic) bond motifs is 2. The number of aliphatic hydroxyl groups is 1. The number of anilines is 1. The number of amides is 1. The van der Waals surface area contributed by atoms with Crippen molar-refractivity contribution in [2.75, 3.05) is 5.32 Å². The molecule has 244 valence electrons. The van der Waals surface area contributed by atoms with E-state index in [1.165, 1.54) is 18.3 Å². The standard InChI is InChI=1S/C35H30ClF3N2O5S/c36-28-13-12-24(34(42)41-27-15-29(37)32(39)30(38)16-27)14-31(28)47(44,45)33-25-10-11-26(33)18-35(43,17-25)20-40-46-19-21-6-8-23(9-7-21)22-4-2-1-3-5-22/h1-9,12-16,20,25-26,33,43H,10-11,17-19H2,(H,41,42)/b40-20+/t25-,26?,33?,35?/m0/s1. The van der Waals surface area contributed by atoms with Crippen LogP contribution in [0.2, 0.25) is 5.02 Å². The molecule has 4 atom stereocenters. The van der Waals surface area contributed by atoms with Crippen molar-refractivity contribution in [1.29, 1.82) is 0 Å². The van der Waals surface area contributed by atoms with Crippen LogP contribution in [-0.2, 0) is 21.3 Å². The second kappa shape index (κ2) is 13.1. The average molecular weight is 683 g/mol. The third-order valence-electron chi connectivity index (χ3n) is 8.83. The number of hydrogen-bond donors (Lipinski definition) is 2. The summed E-state index contributed by atoms with van der Waals surface area (Å²) in [6.45, 7) is 0.193. The number of hydrogen-bond acceptors (Lipinski definition) is 6. The van der Waals surface area contributed by atoms with Gasteiger partial charge in [-0.1, -0.05) is 71.4 Å². The van der Waals surface area contributed by atoms with Gasteiger partial charge in [-0.3, -0.25) is 4.79 Å². The summed E-state index contributed by atoms with van der Waals surface area (Å²) in [4.78, 5) is 18.1. The molecule has 0 heterocycles. The lowest BCUT2D eigenvalue weighted by molar-refractivity contribution is 0.0411. The van der Waals surface area contributed by atoms with E-state index in [-0.39, 0.29) is 40.6 Å². The van der Waals surface area contributed by atoms with E-state index in [0.717, 1.165) is 22.8 Å². The van der Waals surface area contributed by atoms with E-state index in [2.05, 4.69) is 10.5 Å². The maximum absolute atomic E-state index is 14.0. The van der Waals surface area contributed by atoms with Crippen molar-refractivity contribution in [1.82, 2.24) is 0 Å². The van der Waals surface area contributed by atoms with Gasteiger partial charge in [0.1, 0.15) is 12.2 Å². The van der Waals surface area contributed by atoms with Crippen LogP contribution in [-0.4, -0.2) is 36.5 Å². The van der Waals surface area contributed by atoms with Crippen molar-refractivity contribution in [2.24, 2.45) is 17.0 Å². The summed E-state index contributed by atoms with van der Waals surface area (Å²) in [5.74, 6) is -6.33. The summed E-state index contributed by atoms with van der Waals surface area (Å²) in [7, 11) is -4.08. The molecule has 2 aliphatic rings. The molecule has 12 heteroatoms. The molecule has 0 saturated heterocycles. The Morgan fingerprint density at radius 2 is 1.55 bits per heavy atom. The minimum Gasteiger partial charge on any atom is -0.391 e. The van der Waals surface area contributed by atoms with Crippen LogP contribution in [0.15, 0.2) is 95.0 Å². The molecule has 1 amide bonds. The second-order valence-electron chi connectivity index (χ2n) is 12.0. The van der Waals surface area contributed by atoms with Crippen molar-refractivity contribution in [3.8, 4) is 11.1 Å². The SMILES string of the molecule is O=C(Nc1cc(F)c(F)c(F)c1)c1ccc(Cl)c(S(=O)(=O)C2C3CC[C@H]2CC(O)(/C=N/OCc2ccc(-c4ccccc4)cc2)C3)c1. The third kappa shape index (κ3) is 6.93. The molecule has 0 radical (unpaired) electrons. The van der Waals surface area contributed by atoms with E-state index in [4.69, 9.17) is 16.4 Å². The van der Waals surface area contributed by atoms with E-state index < -0.39 is 55.9 Å². The predicted molar refractivity (Wildman–Crippen MR) is 172 cm³/mol. The van der Waals surface area contributed by atoms with Gasteiger partial charge in [-0.05, 0) is 72.4 Å². The Balaban J connectivity index is 1.11. The zero-order valence-corrected chi connectivity index (χ0v) is 26.4. The normalized spacial score (nSPS) is 22.4. The molecule has 2 saturated carbocycles. The number of nitrogens with one attached hydrogen (secondary N) is 1. The molecule has 0 spiro atoms. The molecule has 4 aromatic carbocycles. The van der Waals surface area contributed by atoms with Crippen molar-refractivity contribution >= 4 is 39.2 Å². The van der Waals surface area contributed by atoms with Crippen LogP contribution >= 0.6 is 11.6 Å². The van der Waals surface area contributed by atoms with E-state index in [1.54, 1.807) is 0 Å². The molecule has 2 aliphatic carbocycles. The van der Waals surface area contributed by atoms with Crippen molar-refractivity contribution < 1.29 is 36.3 Å². The number of benzene rings is 4.